The molecule has 0 spiro atoms. The topological polar surface area (TPSA) is 87.7 Å². The van der Waals surface area contributed by atoms with Gasteiger partial charge >= 0.3 is 6.03 Å². The lowest BCUT2D eigenvalue weighted by Gasteiger charge is -2.17. The minimum atomic E-state index is -3.17. The molecule has 1 aromatic rings. The second kappa shape index (κ2) is 6.76. The highest BCUT2D eigenvalue weighted by molar-refractivity contribution is 7.93. The number of hydrogen-bond acceptors (Lipinski definition) is 4. The van der Waals surface area contributed by atoms with Crippen LogP contribution in [0.5, 0.6) is 0 Å². The predicted molar refractivity (Wildman–Crippen MR) is 88.2 cm³/mol. The summed E-state index contributed by atoms with van der Waals surface area (Å²) >= 11 is 0. The van der Waals surface area contributed by atoms with Gasteiger partial charge in [0.2, 0.25) is 10.0 Å². The molecule has 3 rings (SSSR count). The Bertz CT molecular complexity index is 654. The zero-order valence-electron chi connectivity index (χ0n) is 12.8. The zero-order chi connectivity index (χ0) is 16.3. The van der Waals surface area contributed by atoms with Crippen LogP contribution in [0.4, 0.5) is 16.2 Å². The lowest BCUT2D eigenvalue weighted by Crippen LogP contribution is -2.35. The van der Waals surface area contributed by atoms with Gasteiger partial charge in [-0.15, -0.1) is 0 Å². The number of hydrogen-bond donors (Lipinski definition) is 2. The molecule has 2 amide bonds. The maximum absolute atomic E-state index is 11.9. The third-order valence-corrected chi connectivity index (χ3v) is 5.90. The average Bonchev–Trinajstić information content (AvgIpc) is 3.15. The number of amides is 2. The van der Waals surface area contributed by atoms with Crippen LogP contribution in [0.15, 0.2) is 24.3 Å². The van der Waals surface area contributed by atoms with E-state index in [0.717, 1.165) is 19.4 Å². The summed E-state index contributed by atoms with van der Waals surface area (Å²) in [6, 6.07) is 6.53. The van der Waals surface area contributed by atoms with E-state index < -0.39 is 10.0 Å². The Morgan fingerprint density at radius 1 is 1.26 bits per heavy atom. The molecule has 0 saturated carbocycles. The van der Waals surface area contributed by atoms with Crippen LogP contribution in [0.1, 0.15) is 19.3 Å². The first-order valence-corrected chi connectivity index (χ1v) is 9.42. The van der Waals surface area contributed by atoms with E-state index in [2.05, 4.69) is 10.6 Å². The van der Waals surface area contributed by atoms with E-state index in [1.807, 2.05) is 0 Å². The van der Waals surface area contributed by atoms with E-state index >= 15 is 0 Å². The molecule has 2 N–H and O–H groups in total. The minimum absolute atomic E-state index is 0.100. The molecule has 0 unspecified atom stereocenters. The van der Waals surface area contributed by atoms with Crippen molar-refractivity contribution in [3.8, 4) is 0 Å². The second-order valence-electron chi connectivity index (χ2n) is 5.76. The van der Waals surface area contributed by atoms with Gasteiger partial charge in [-0.05, 0) is 43.5 Å². The molecule has 2 fully saturated rings. The largest absolute Gasteiger partial charge is 0.376 e. The van der Waals surface area contributed by atoms with Crippen LogP contribution >= 0.6 is 0 Å². The van der Waals surface area contributed by atoms with Crippen molar-refractivity contribution >= 4 is 27.4 Å². The average molecular weight is 339 g/mol. The highest BCUT2D eigenvalue weighted by atomic mass is 32.2. The first-order chi connectivity index (χ1) is 11.0. The summed E-state index contributed by atoms with van der Waals surface area (Å²) in [5, 5.41) is 5.51. The van der Waals surface area contributed by atoms with E-state index in [-0.39, 0.29) is 17.9 Å². The molecule has 1 aromatic carbocycles. The Labute approximate surface area is 136 Å². The van der Waals surface area contributed by atoms with Crippen molar-refractivity contribution in [3.63, 3.8) is 0 Å². The molecule has 2 heterocycles. The van der Waals surface area contributed by atoms with E-state index in [9.17, 15) is 13.2 Å². The molecule has 2 aliphatic rings. The van der Waals surface area contributed by atoms with Gasteiger partial charge in [-0.2, -0.15) is 0 Å². The maximum Gasteiger partial charge on any atom is 0.319 e. The number of anilines is 2. The molecule has 23 heavy (non-hydrogen) atoms. The van der Waals surface area contributed by atoms with Crippen molar-refractivity contribution < 1.29 is 17.9 Å². The fourth-order valence-electron chi connectivity index (χ4n) is 2.83. The normalized spacial score (nSPS) is 23.0. The summed E-state index contributed by atoms with van der Waals surface area (Å²) < 4.78 is 30.6. The van der Waals surface area contributed by atoms with Crippen LogP contribution in [0.25, 0.3) is 0 Å². The van der Waals surface area contributed by atoms with Gasteiger partial charge in [0, 0.05) is 25.4 Å². The summed E-state index contributed by atoms with van der Waals surface area (Å²) in [6.45, 7) is 1.77. The Morgan fingerprint density at radius 2 is 2.04 bits per heavy atom. The lowest BCUT2D eigenvalue weighted by molar-refractivity contribution is 0.112. The number of sulfonamides is 1. The zero-order valence-corrected chi connectivity index (χ0v) is 13.6. The Kier molecular flexibility index (Phi) is 4.72. The van der Waals surface area contributed by atoms with Crippen molar-refractivity contribution in [2.75, 3.05) is 35.1 Å². The summed E-state index contributed by atoms with van der Waals surface area (Å²) in [5.74, 6) is 0.193. The van der Waals surface area contributed by atoms with Crippen molar-refractivity contribution in [1.82, 2.24) is 5.32 Å². The maximum atomic E-state index is 11.9. The summed E-state index contributed by atoms with van der Waals surface area (Å²) in [5.41, 5.74) is 1.25. The smallest absolute Gasteiger partial charge is 0.319 e. The van der Waals surface area contributed by atoms with Crippen LogP contribution < -0.4 is 14.9 Å². The fraction of sp³-hybridized carbons (Fsp3) is 0.533. The monoisotopic (exact) mass is 339 g/mol. The standard InChI is InChI=1S/C15H21N3O4S/c19-15(16-11-14-3-1-9-22-14)17-12-4-6-13(7-5-12)18-8-2-10-23(18,20)21/h4-7,14H,1-3,8-11H2,(H2,16,17,19)/t14-/m0/s1. The molecule has 2 saturated heterocycles. The van der Waals surface area contributed by atoms with E-state index in [1.165, 1.54) is 4.31 Å². The molecule has 0 bridgehead atoms. The molecular weight excluding hydrogens is 318 g/mol. The van der Waals surface area contributed by atoms with Gasteiger partial charge in [-0.25, -0.2) is 13.2 Å². The SMILES string of the molecule is O=C(NC[C@@H]1CCCO1)Nc1ccc(N2CCCS2(=O)=O)cc1. The van der Waals surface area contributed by atoms with E-state index in [4.69, 9.17) is 4.74 Å². The van der Waals surface area contributed by atoms with Gasteiger partial charge in [0.05, 0.1) is 17.5 Å². The number of nitrogens with zero attached hydrogens (tertiary/aromatic N) is 1. The van der Waals surface area contributed by atoms with Gasteiger partial charge in [-0.1, -0.05) is 0 Å². The van der Waals surface area contributed by atoms with Gasteiger partial charge in [0.1, 0.15) is 0 Å². The molecule has 0 aliphatic carbocycles. The predicted octanol–water partition coefficient (Wildman–Crippen LogP) is 1.53. The van der Waals surface area contributed by atoms with Crippen molar-refractivity contribution in [2.45, 2.75) is 25.4 Å². The Hall–Kier alpha value is -1.80. The Balaban J connectivity index is 1.54. The first kappa shape index (κ1) is 16.1. The molecule has 8 heteroatoms. The van der Waals surface area contributed by atoms with Gasteiger partial charge in [0.25, 0.3) is 0 Å². The number of carbonyl (C=O) groups is 1. The van der Waals surface area contributed by atoms with Crippen LogP contribution in [0.3, 0.4) is 0 Å². The number of nitrogens with one attached hydrogen (secondary N) is 2. The quantitative estimate of drug-likeness (QED) is 0.871. The first-order valence-electron chi connectivity index (χ1n) is 7.81. The molecule has 1 atom stereocenters. The number of carbonyl (C=O) groups excluding carboxylic acids is 1. The van der Waals surface area contributed by atoms with Gasteiger partial charge in [0.15, 0.2) is 0 Å². The molecule has 2 aliphatic heterocycles. The molecule has 0 aromatic heterocycles. The van der Waals surface area contributed by atoms with E-state index in [1.54, 1.807) is 24.3 Å². The van der Waals surface area contributed by atoms with Crippen LogP contribution in [-0.4, -0.2) is 46.0 Å². The minimum Gasteiger partial charge on any atom is -0.376 e. The number of rotatable bonds is 4. The fourth-order valence-corrected chi connectivity index (χ4v) is 4.39. The van der Waals surface area contributed by atoms with Crippen molar-refractivity contribution in [2.24, 2.45) is 0 Å². The van der Waals surface area contributed by atoms with Gasteiger partial charge < -0.3 is 15.4 Å². The highest BCUT2D eigenvalue weighted by Gasteiger charge is 2.28. The lowest BCUT2D eigenvalue weighted by atomic mass is 10.2. The third kappa shape index (κ3) is 3.94. The Morgan fingerprint density at radius 3 is 2.65 bits per heavy atom. The number of urea groups is 1. The summed E-state index contributed by atoms with van der Waals surface area (Å²) in [6.07, 6.45) is 2.76. The summed E-state index contributed by atoms with van der Waals surface area (Å²) in [4.78, 5) is 11.8. The number of ether oxygens (including phenoxy) is 1. The molecule has 0 radical (unpaired) electrons. The highest BCUT2D eigenvalue weighted by Crippen LogP contribution is 2.25. The molecule has 126 valence electrons. The third-order valence-electron chi connectivity index (χ3n) is 4.03. The van der Waals surface area contributed by atoms with Crippen LogP contribution in [0.2, 0.25) is 0 Å². The van der Waals surface area contributed by atoms with Crippen molar-refractivity contribution in [3.05, 3.63) is 24.3 Å². The van der Waals surface area contributed by atoms with Crippen molar-refractivity contribution in [1.29, 1.82) is 0 Å². The number of benzene rings is 1. The molecule has 7 nitrogen and oxygen atoms in total. The molecular formula is C15H21N3O4S. The van der Waals surface area contributed by atoms with E-state index in [0.29, 0.717) is 30.9 Å². The van der Waals surface area contributed by atoms with Gasteiger partial charge in [-0.3, -0.25) is 4.31 Å². The second-order valence-corrected chi connectivity index (χ2v) is 7.77. The summed E-state index contributed by atoms with van der Waals surface area (Å²) in [7, 11) is -3.17. The van der Waals surface area contributed by atoms with Crippen LogP contribution in [-0.2, 0) is 14.8 Å². The van der Waals surface area contributed by atoms with Crippen LogP contribution in [0, 0.1) is 0 Å².